The van der Waals surface area contributed by atoms with Gasteiger partial charge in [0.25, 0.3) is 5.56 Å². The number of carbonyl (C=O) groups excluding carboxylic acids is 1. The molecule has 7 heteroatoms. The first-order valence-electron chi connectivity index (χ1n) is 11.5. The maximum Gasteiger partial charge on any atom is 0.251 e. The molecular formula is C26H30N4O3. The number of aryl methyl sites for hydroxylation is 2. The van der Waals surface area contributed by atoms with E-state index in [1.807, 2.05) is 36.1 Å². The van der Waals surface area contributed by atoms with E-state index in [0.29, 0.717) is 36.7 Å². The van der Waals surface area contributed by atoms with E-state index in [1.54, 1.807) is 13.3 Å². The normalized spacial score (nSPS) is 14.3. The number of methoxy groups -OCH3 is 1. The summed E-state index contributed by atoms with van der Waals surface area (Å²) in [6.07, 6.45) is 5.51. The van der Waals surface area contributed by atoms with Gasteiger partial charge < -0.3 is 14.6 Å². The number of nitrogens with zero attached hydrogens (tertiary/aromatic N) is 3. The molecule has 3 heterocycles. The van der Waals surface area contributed by atoms with Crippen molar-refractivity contribution in [2.24, 2.45) is 0 Å². The van der Waals surface area contributed by atoms with Crippen LogP contribution in [-0.2, 0) is 11.2 Å². The lowest BCUT2D eigenvalue weighted by atomic mass is 9.95. The number of pyridine rings is 1. The number of aromatic amines is 1. The molecule has 1 aliphatic rings. The average molecular weight is 447 g/mol. The molecule has 0 saturated carbocycles. The number of hydrogen-bond donors (Lipinski definition) is 1. The summed E-state index contributed by atoms with van der Waals surface area (Å²) in [5.41, 5.74) is 3.43. The molecular weight excluding hydrogens is 416 g/mol. The van der Waals surface area contributed by atoms with Gasteiger partial charge in [-0.25, -0.2) is 4.98 Å². The largest absolute Gasteiger partial charge is 0.496 e. The van der Waals surface area contributed by atoms with Crippen molar-refractivity contribution in [1.29, 1.82) is 0 Å². The van der Waals surface area contributed by atoms with Crippen LogP contribution in [0.4, 0.5) is 0 Å². The molecule has 1 aromatic carbocycles. The number of aromatic nitrogens is 3. The lowest BCUT2D eigenvalue weighted by molar-refractivity contribution is -0.132. The van der Waals surface area contributed by atoms with Crippen molar-refractivity contribution in [2.45, 2.75) is 44.9 Å². The average Bonchev–Trinajstić information content (AvgIpc) is 2.84. The molecule has 172 valence electrons. The monoisotopic (exact) mass is 446 g/mol. The molecule has 2 aromatic heterocycles. The summed E-state index contributed by atoms with van der Waals surface area (Å²) in [5.74, 6) is 1.90. The minimum atomic E-state index is -0.173. The molecule has 1 amide bonds. The summed E-state index contributed by atoms with van der Waals surface area (Å²) in [7, 11) is 1.68. The molecule has 0 bridgehead atoms. The van der Waals surface area contributed by atoms with Crippen LogP contribution in [-0.4, -0.2) is 46.0 Å². The molecule has 0 aliphatic carbocycles. The van der Waals surface area contributed by atoms with E-state index in [0.717, 1.165) is 37.0 Å². The number of rotatable bonds is 7. The highest BCUT2D eigenvalue weighted by Crippen LogP contribution is 2.27. The Morgan fingerprint density at radius 2 is 1.97 bits per heavy atom. The van der Waals surface area contributed by atoms with E-state index >= 15 is 0 Å². The van der Waals surface area contributed by atoms with Crippen LogP contribution in [0.25, 0.3) is 11.4 Å². The van der Waals surface area contributed by atoms with Gasteiger partial charge in [0.1, 0.15) is 11.6 Å². The minimum Gasteiger partial charge on any atom is -0.496 e. The molecule has 1 saturated heterocycles. The third-order valence-electron chi connectivity index (χ3n) is 6.24. The van der Waals surface area contributed by atoms with E-state index in [2.05, 4.69) is 27.1 Å². The van der Waals surface area contributed by atoms with Crippen LogP contribution >= 0.6 is 0 Å². The lowest BCUT2D eigenvalue weighted by Gasteiger charge is -2.31. The summed E-state index contributed by atoms with van der Waals surface area (Å²) >= 11 is 0. The highest BCUT2D eigenvalue weighted by Gasteiger charge is 2.25. The Bertz CT molecular complexity index is 1150. The second-order valence-electron chi connectivity index (χ2n) is 8.54. The summed E-state index contributed by atoms with van der Waals surface area (Å²) in [4.78, 5) is 38.7. The second kappa shape index (κ2) is 10.4. The number of ether oxygens (including phenoxy) is 1. The van der Waals surface area contributed by atoms with Gasteiger partial charge in [0.15, 0.2) is 0 Å². The fraction of sp³-hybridized carbons (Fsp3) is 0.385. The molecule has 1 N–H and O–H groups in total. The third-order valence-corrected chi connectivity index (χ3v) is 6.24. The molecule has 0 unspecified atom stereocenters. The van der Waals surface area contributed by atoms with Gasteiger partial charge in [0, 0.05) is 37.7 Å². The number of likely N-dealkylation sites (tertiary alicyclic amines) is 1. The topological polar surface area (TPSA) is 88.2 Å². The Morgan fingerprint density at radius 1 is 1.15 bits per heavy atom. The highest BCUT2D eigenvalue weighted by atomic mass is 16.5. The Labute approximate surface area is 193 Å². The Morgan fingerprint density at radius 3 is 2.67 bits per heavy atom. The Hall–Kier alpha value is -3.48. The zero-order valence-electron chi connectivity index (χ0n) is 19.2. The molecule has 1 fully saturated rings. The fourth-order valence-corrected chi connectivity index (χ4v) is 4.42. The minimum absolute atomic E-state index is 0.132. The standard InChI is InChI=1S/C26H30N4O3/c1-18-16-19(9-10-23(18)33-2)6-5-8-25(32)30-14-11-20(12-15-30)26-28-22(17-24(31)29-26)21-7-3-4-13-27-21/h3-4,7,9-10,13,16-17,20H,5-6,8,11-12,14-15H2,1-2H3,(H,28,29,31). The van der Waals surface area contributed by atoms with Crippen LogP contribution in [0.15, 0.2) is 53.5 Å². The molecule has 4 rings (SSSR count). The molecule has 0 spiro atoms. The van der Waals surface area contributed by atoms with Crippen LogP contribution in [0.3, 0.4) is 0 Å². The third kappa shape index (κ3) is 5.66. The van der Waals surface area contributed by atoms with Gasteiger partial charge in [-0.3, -0.25) is 14.6 Å². The first-order valence-corrected chi connectivity index (χ1v) is 11.5. The number of hydrogen-bond acceptors (Lipinski definition) is 5. The quantitative estimate of drug-likeness (QED) is 0.595. The molecule has 33 heavy (non-hydrogen) atoms. The van der Waals surface area contributed by atoms with Crippen LogP contribution in [0.1, 0.15) is 48.6 Å². The molecule has 0 radical (unpaired) electrons. The van der Waals surface area contributed by atoms with Crippen molar-refractivity contribution in [1.82, 2.24) is 19.9 Å². The number of amides is 1. The zero-order chi connectivity index (χ0) is 23.2. The summed E-state index contributed by atoms with van der Waals surface area (Å²) in [6, 6.07) is 13.2. The van der Waals surface area contributed by atoms with Gasteiger partial charge in [-0.2, -0.15) is 0 Å². The van der Waals surface area contributed by atoms with Crippen molar-refractivity contribution >= 4 is 5.91 Å². The first kappa shape index (κ1) is 22.7. The highest BCUT2D eigenvalue weighted by molar-refractivity contribution is 5.76. The van der Waals surface area contributed by atoms with Gasteiger partial charge >= 0.3 is 0 Å². The maximum absolute atomic E-state index is 12.7. The fourth-order valence-electron chi connectivity index (χ4n) is 4.42. The van der Waals surface area contributed by atoms with E-state index < -0.39 is 0 Å². The van der Waals surface area contributed by atoms with E-state index in [-0.39, 0.29) is 17.4 Å². The number of nitrogens with one attached hydrogen (secondary N) is 1. The van der Waals surface area contributed by atoms with Gasteiger partial charge in [0.2, 0.25) is 5.91 Å². The molecule has 1 aliphatic heterocycles. The van der Waals surface area contributed by atoms with E-state index in [4.69, 9.17) is 4.74 Å². The van der Waals surface area contributed by atoms with Crippen molar-refractivity contribution in [2.75, 3.05) is 20.2 Å². The van der Waals surface area contributed by atoms with Crippen molar-refractivity contribution < 1.29 is 9.53 Å². The Balaban J connectivity index is 1.30. The van der Waals surface area contributed by atoms with E-state index in [9.17, 15) is 9.59 Å². The predicted octanol–water partition coefficient (Wildman–Crippen LogP) is 3.88. The van der Waals surface area contributed by atoms with Crippen molar-refractivity contribution in [3.8, 4) is 17.1 Å². The van der Waals surface area contributed by atoms with E-state index in [1.165, 1.54) is 11.6 Å². The van der Waals surface area contributed by atoms with Crippen molar-refractivity contribution in [3.05, 3.63) is 76.0 Å². The molecule has 3 aromatic rings. The smallest absolute Gasteiger partial charge is 0.251 e. The Kier molecular flexibility index (Phi) is 7.17. The van der Waals surface area contributed by atoms with Crippen LogP contribution in [0.2, 0.25) is 0 Å². The number of piperidine rings is 1. The maximum atomic E-state index is 12.7. The number of H-pyrrole nitrogens is 1. The van der Waals surface area contributed by atoms with Crippen LogP contribution in [0.5, 0.6) is 5.75 Å². The second-order valence-corrected chi connectivity index (χ2v) is 8.54. The first-order chi connectivity index (χ1) is 16.0. The van der Waals surface area contributed by atoms with Gasteiger partial charge in [0.05, 0.1) is 18.5 Å². The lowest BCUT2D eigenvalue weighted by Crippen LogP contribution is -2.38. The zero-order valence-corrected chi connectivity index (χ0v) is 19.2. The SMILES string of the molecule is COc1ccc(CCCC(=O)N2CCC(c3nc(-c4ccccn4)cc(=O)[nH]3)CC2)cc1C. The molecule has 7 nitrogen and oxygen atoms in total. The summed E-state index contributed by atoms with van der Waals surface area (Å²) < 4.78 is 5.31. The van der Waals surface area contributed by atoms with Gasteiger partial charge in [-0.05, 0) is 61.9 Å². The summed E-state index contributed by atoms with van der Waals surface area (Å²) in [6.45, 7) is 3.40. The van der Waals surface area contributed by atoms with Gasteiger partial charge in [-0.15, -0.1) is 0 Å². The van der Waals surface area contributed by atoms with Crippen molar-refractivity contribution in [3.63, 3.8) is 0 Å². The number of benzene rings is 1. The van der Waals surface area contributed by atoms with Crippen LogP contribution in [0, 0.1) is 6.92 Å². The number of carbonyl (C=O) groups is 1. The molecule has 0 atom stereocenters. The van der Waals surface area contributed by atoms with Crippen LogP contribution < -0.4 is 10.3 Å². The van der Waals surface area contributed by atoms with Gasteiger partial charge in [-0.1, -0.05) is 18.2 Å². The summed E-state index contributed by atoms with van der Waals surface area (Å²) in [5, 5.41) is 0. The predicted molar refractivity (Wildman–Crippen MR) is 127 cm³/mol.